The van der Waals surface area contributed by atoms with Crippen molar-refractivity contribution in [1.29, 1.82) is 0 Å². The highest BCUT2D eigenvalue weighted by atomic mass is 35.5. The Kier molecular flexibility index (Phi) is 3.24. The first kappa shape index (κ1) is 13.9. The Bertz CT molecular complexity index is 726. The summed E-state index contributed by atoms with van der Waals surface area (Å²) in [4.78, 5) is 16.9. The number of nitrogens with zero attached hydrogens (tertiary/aromatic N) is 3. The Labute approximate surface area is 134 Å². The van der Waals surface area contributed by atoms with Gasteiger partial charge in [-0.25, -0.2) is 0 Å². The van der Waals surface area contributed by atoms with Gasteiger partial charge >= 0.3 is 0 Å². The van der Waals surface area contributed by atoms with E-state index in [1.807, 2.05) is 48.5 Å². The lowest BCUT2D eigenvalue weighted by molar-refractivity contribution is -0.122. The molecule has 1 aromatic heterocycles. The lowest BCUT2D eigenvalue weighted by Gasteiger charge is -2.34. The molecule has 2 bridgehead atoms. The maximum absolute atomic E-state index is 12.8. The van der Waals surface area contributed by atoms with Gasteiger partial charge in [0.1, 0.15) is 0 Å². The zero-order valence-electron chi connectivity index (χ0n) is 12.4. The van der Waals surface area contributed by atoms with Gasteiger partial charge in [-0.3, -0.25) is 9.69 Å². The SMILES string of the molecule is Cn1cccc1CN1C[C@@H]2C[C@H]1C(=O)N2c1ccccc1Cl. The summed E-state index contributed by atoms with van der Waals surface area (Å²) >= 11 is 6.27. The molecule has 2 fully saturated rings. The number of amides is 1. The van der Waals surface area contributed by atoms with Crippen molar-refractivity contribution in [3.05, 3.63) is 53.3 Å². The molecule has 0 saturated carbocycles. The van der Waals surface area contributed by atoms with E-state index in [0.29, 0.717) is 5.02 Å². The van der Waals surface area contributed by atoms with E-state index < -0.39 is 0 Å². The van der Waals surface area contributed by atoms with E-state index in [-0.39, 0.29) is 18.0 Å². The molecule has 0 unspecified atom stereocenters. The van der Waals surface area contributed by atoms with Crippen molar-refractivity contribution in [2.75, 3.05) is 11.4 Å². The molecule has 4 rings (SSSR count). The third-order valence-corrected chi connectivity index (χ3v) is 5.12. The summed E-state index contributed by atoms with van der Waals surface area (Å²) in [5.74, 6) is 0.179. The molecule has 114 valence electrons. The molecule has 4 nitrogen and oxygen atoms in total. The number of piperazine rings is 1. The number of anilines is 1. The Balaban J connectivity index is 1.56. The van der Waals surface area contributed by atoms with Gasteiger partial charge in [-0.05, 0) is 30.7 Å². The van der Waals surface area contributed by atoms with Crippen molar-refractivity contribution in [2.45, 2.75) is 25.0 Å². The van der Waals surface area contributed by atoms with Gasteiger partial charge in [0.25, 0.3) is 0 Å². The molecule has 2 aliphatic rings. The molecule has 3 heterocycles. The molecule has 22 heavy (non-hydrogen) atoms. The van der Waals surface area contributed by atoms with Crippen LogP contribution in [0.15, 0.2) is 42.6 Å². The van der Waals surface area contributed by atoms with Gasteiger partial charge in [0, 0.05) is 32.0 Å². The predicted octanol–water partition coefficient (Wildman–Crippen LogP) is 2.67. The normalized spacial score (nSPS) is 24.5. The van der Waals surface area contributed by atoms with E-state index in [9.17, 15) is 4.79 Å². The van der Waals surface area contributed by atoms with Crippen LogP contribution < -0.4 is 4.90 Å². The summed E-state index contributed by atoms with van der Waals surface area (Å²) in [7, 11) is 2.04. The first-order valence-corrected chi connectivity index (χ1v) is 7.95. The van der Waals surface area contributed by atoms with E-state index in [0.717, 1.165) is 25.2 Å². The number of aryl methyl sites for hydroxylation is 1. The Morgan fingerprint density at radius 1 is 1.23 bits per heavy atom. The topological polar surface area (TPSA) is 28.5 Å². The van der Waals surface area contributed by atoms with Crippen LogP contribution in [0.5, 0.6) is 0 Å². The fraction of sp³-hybridized carbons (Fsp3) is 0.353. The zero-order valence-corrected chi connectivity index (χ0v) is 13.2. The highest BCUT2D eigenvalue weighted by molar-refractivity contribution is 6.34. The fourth-order valence-corrected chi connectivity index (χ4v) is 3.90. The average Bonchev–Trinajstić information content (AvgIpc) is 3.16. The number of fused-ring (bicyclic) bond motifs is 2. The van der Waals surface area contributed by atoms with Crippen LogP contribution in [0.4, 0.5) is 5.69 Å². The Hall–Kier alpha value is -1.78. The van der Waals surface area contributed by atoms with E-state index in [1.54, 1.807) is 0 Å². The van der Waals surface area contributed by atoms with Gasteiger partial charge in [0.05, 0.1) is 22.8 Å². The molecule has 1 amide bonds. The summed E-state index contributed by atoms with van der Waals surface area (Å²) in [5, 5.41) is 0.650. The molecule has 2 saturated heterocycles. The standard InChI is InChI=1S/C17H18ClN3O/c1-19-8-4-5-12(19)10-20-11-13-9-16(20)17(22)21(13)15-7-3-2-6-14(15)18/h2-8,13,16H,9-11H2,1H3/t13-,16-/m0/s1. The second kappa shape index (κ2) is 5.14. The highest BCUT2D eigenvalue weighted by Crippen LogP contribution is 2.39. The third kappa shape index (κ3) is 2.06. The summed E-state index contributed by atoms with van der Waals surface area (Å²) in [6.45, 7) is 1.74. The quantitative estimate of drug-likeness (QED) is 0.871. The Morgan fingerprint density at radius 2 is 2.05 bits per heavy atom. The largest absolute Gasteiger partial charge is 0.353 e. The summed E-state index contributed by atoms with van der Waals surface area (Å²) in [5.41, 5.74) is 2.09. The first-order valence-electron chi connectivity index (χ1n) is 7.57. The molecule has 0 aliphatic carbocycles. The summed E-state index contributed by atoms with van der Waals surface area (Å²) in [6, 6.07) is 12.0. The number of carbonyl (C=O) groups is 1. The van der Waals surface area contributed by atoms with Gasteiger partial charge in [-0.1, -0.05) is 23.7 Å². The number of hydrogen-bond donors (Lipinski definition) is 0. The molecular weight excluding hydrogens is 298 g/mol. The maximum atomic E-state index is 12.8. The number of likely N-dealkylation sites (tertiary alicyclic amines) is 1. The number of rotatable bonds is 3. The fourth-order valence-electron chi connectivity index (χ4n) is 3.67. The second-order valence-electron chi connectivity index (χ2n) is 6.10. The van der Waals surface area contributed by atoms with Crippen molar-refractivity contribution in [3.63, 3.8) is 0 Å². The van der Waals surface area contributed by atoms with Gasteiger partial charge in [0.2, 0.25) is 5.91 Å². The minimum Gasteiger partial charge on any atom is -0.353 e. The van der Waals surface area contributed by atoms with Crippen LogP contribution in [0.1, 0.15) is 12.1 Å². The smallest absolute Gasteiger partial charge is 0.244 e. The molecule has 0 N–H and O–H groups in total. The first-order chi connectivity index (χ1) is 10.6. The number of carbonyl (C=O) groups excluding carboxylic acids is 1. The van der Waals surface area contributed by atoms with Crippen LogP contribution in [0.3, 0.4) is 0 Å². The zero-order chi connectivity index (χ0) is 15.3. The summed E-state index contributed by atoms with van der Waals surface area (Å²) in [6.07, 6.45) is 2.94. The second-order valence-corrected chi connectivity index (χ2v) is 6.51. The molecule has 0 spiro atoms. The highest BCUT2D eigenvalue weighted by Gasteiger charge is 2.50. The van der Waals surface area contributed by atoms with Crippen LogP contribution in [0.2, 0.25) is 5.02 Å². The number of halogens is 1. The molecule has 1 aromatic carbocycles. The van der Waals surface area contributed by atoms with Crippen LogP contribution in [0, 0.1) is 0 Å². The number of benzene rings is 1. The van der Waals surface area contributed by atoms with Crippen LogP contribution in [-0.2, 0) is 18.4 Å². The third-order valence-electron chi connectivity index (χ3n) is 4.80. The maximum Gasteiger partial charge on any atom is 0.244 e. The van der Waals surface area contributed by atoms with Crippen LogP contribution in [0.25, 0.3) is 0 Å². The minimum absolute atomic E-state index is 0.0174. The van der Waals surface area contributed by atoms with Crippen molar-refractivity contribution < 1.29 is 4.79 Å². The van der Waals surface area contributed by atoms with E-state index in [4.69, 9.17) is 11.6 Å². The minimum atomic E-state index is -0.0174. The van der Waals surface area contributed by atoms with Crippen molar-refractivity contribution in [1.82, 2.24) is 9.47 Å². The molecule has 2 atom stereocenters. The summed E-state index contributed by atoms with van der Waals surface area (Å²) < 4.78 is 2.11. The van der Waals surface area contributed by atoms with Gasteiger partial charge in [-0.15, -0.1) is 0 Å². The molecule has 5 heteroatoms. The van der Waals surface area contributed by atoms with Crippen LogP contribution in [-0.4, -0.2) is 34.0 Å². The van der Waals surface area contributed by atoms with Crippen molar-refractivity contribution in [2.24, 2.45) is 7.05 Å². The number of hydrogen-bond acceptors (Lipinski definition) is 2. The Morgan fingerprint density at radius 3 is 2.73 bits per heavy atom. The van der Waals surface area contributed by atoms with Crippen LogP contribution >= 0.6 is 11.6 Å². The van der Waals surface area contributed by atoms with Gasteiger partial charge in [0.15, 0.2) is 0 Å². The van der Waals surface area contributed by atoms with Crippen molar-refractivity contribution in [3.8, 4) is 0 Å². The van der Waals surface area contributed by atoms with Gasteiger partial charge in [-0.2, -0.15) is 0 Å². The van der Waals surface area contributed by atoms with E-state index >= 15 is 0 Å². The average molecular weight is 316 g/mol. The molecule has 0 radical (unpaired) electrons. The number of para-hydroxylation sites is 1. The monoisotopic (exact) mass is 315 g/mol. The molecule has 2 aromatic rings. The molecule has 2 aliphatic heterocycles. The van der Waals surface area contributed by atoms with Crippen molar-refractivity contribution >= 4 is 23.2 Å². The van der Waals surface area contributed by atoms with Gasteiger partial charge < -0.3 is 9.47 Å². The lowest BCUT2D eigenvalue weighted by Crippen LogP contribution is -2.50. The number of aromatic nitrogens is 1. The van der Waals surface area contributed by atoms with E-state index in [1.165, 1.54) is 5.69 Å². The van der Waals surface area contributed by atoms with E-state index in [2.05, 4.69) is 15.5 Å². The predicted molar refractivity (Wildman–Crippen MR) is 87.0 cm³/mol. The molecular formula is C17H18ClN3O. The lowest BCUT2D eigenvalue weighted by atomic mass is 10.2.